The molecule has 28 heavy (non-hydrogen) atoms. The van der Waals surface area contributed by atoms with Gasteiger partial charge in [0, 0.05) is 0 Å². The standard InChI is InChI=1S/C20H19ClN4O3/c1-3-28-17-6-4-5-14(11-17)12-22-24-18-13-23-25(20(26)19(18)21)15-7-9-16(27-2)10-8-15/h4-13,24H,3H2,1-2H3/b22-12-. The van der Waals surface area contributed by atoms with Crippen LogP contribution < -0.4 is 20.5 Å². The molecule has 0 fully saturated rings. The molecule has 3 aromatic rings. The number of hydrogen-bond acceptors (Lipinski definition) is 6. The van der Waals surface area contributed by atoms with Gasteiger partial charge in [0.1, 0.15) is 22.2 Å². The smallest absolute Gasteiger partial charge is 0.292 e. The second-order valence-electron chi connectivity index (χ2n) is 5.66. The van der Waals surface area contributed by atoms with Crippen LogP contribution in [0.2, 0.25) is 5.02 Å². The van der Waals surface area contributed by atoms with Gasteiger partial charge in [-0.3, -0.25) is 10.2 Å². The van der Waals surface area contributed by atoms with Crippen molar-refractivity contribution in [1.82, 2.24) is 9.78 Å². The van der Waals surface area contributed by atoms with E-state index < -0.39 is 5.56 Å². The molecule has 0 saturated carbocycles. The first-order valence-electron chi connectivity index (χ1n) is 8.56. The summed E-state index contributed by atoms with van der Waals surface area (Å²) in [4.78, 5) is 12.5. The molecular weight excluding hydrogens is 380 g/mol. The first-order chi connectivity index (χ1) is 13.6. The SMILES string of the molecule is CCOc1cccc(/C=N\Nc2cnn(-c3ccc(OC)cc3)c(=O)c2Cl)c1. The molecule has 144 valence electrons. The van der Waals surface area contributed by atoms with Gasteiger partial charge in [0.05, 0.1) is 31.8 Å². The zero-order valence-corrected chi connectivity index (χ0v) is 16.2. The predicted octanol–water partition coefficient (Wildman–Crippen LogP) is 3.74. The van der Waals surface area contributed by atoms with E-state index in [1.807, 2.05) is 31.2 Å². The quantitative estimate of drug-likeness (QED) is 0.484. The number of hydrazone groups is 1. The van der Waals surface area contributed by atoms with Crippen LogP contribution in [0.15, 0.2) is 64.6 Å². The Morgan fingerprint density at radius 1 is 1.21 bits per heavy atom. The van der Waals surface area contributed by atoms with Crippen molar-refractivity contribution >= 4 is 23.5 Å². The van der Waals surface area contributed by atoms with Crippen molar-refractivity contribution in [2.45, 2.75) is 6.92 Å². The Bertz CT molecular complexity index is 1030. The van der Waals surface area contributed by atoms with E-state index in [4.69, 9.17) is 21.1 Å². The summed E-state index contributed by atoms with van der Waals surface area (Å²) in [6.07, 6.45) is 3.05. The molecule has 0 bridgehead atoms. The molecule has 3 rings (SSSR count). The van der Waals surface area contributed by atoms with Gasteiger partial charge < -0.3 is 9.47 Å². The number of benzene rings is 2. The number of anilines is 1. The summed E-state index contributed by atoms with van der Waals surface area (Å²) in [6.45, 7) is 2.51. The molecule has 1 N–H and O–H groups in total. The lowest BCUT2D eigenvalue weighted by Gasteiger charge is -2.08. The largest absolute Gasteiger partial charge is 0.497 e. The third-order valence-electron chi connectivity index (χ3n) is 3.80. The first kappa shape index (κ1) is 19.4. The summed E-state index contributed by atoms with van der Waals surface area (Å²) < 4.78 is 11.8. The topological polar surface area (TPSA) is 77.7 Å². The van der Waals surface area contributed by atoms with Crippen LogP contribution in [0.3, 0.4) is 0 Å². The summed E-state index contributed by atoms with van der Waals surface area (Å²) in [7, 11) is 1.57. The second-order valence-corrected chi connectivity index (χ2v) is 6.04. The van der Waals surface area contributed by atoms with E-state index >= 15 is 0 Å². The number of methoxy groups -OCH3 is 1. The molecule has 0 unspecified atom stereocenters. The highest BCUT2D eigenvalue weighted by atomic mass is 35.5. The highest BCUT2D eigenvalue weighted by Crippen LogP contribution is 2.18. The van der Waals surface area contributed by atoms with Crippen LogP contribution in [-0.2, 0) is 0 Å². The Morgan fingerprint density at radius 2 is 2.00 bits per heavy atom. The molecular formula is C20H19ClN4O3. The minimum absolute atomic E-state index is 0.00830. The average molecular weight is 399 g/mol. The number of hydrogen-bond donors (Lipinski definition) is 1. The number of rotatable bonds is 7. The van der Waals surface area contributed by atoms with E-state index in [1.165, 1.54) is 10.9 Å². The van der Waals surface area contributed by atoms with Crippen LogP contribution in [0.1, 0.15) is 12.5 Å². The van der Waals surface area contributed by atoms with Gasteiger partial charge in [0.2, 0.25) is 0 Å². The van der Waals surface area contributed by atoms with Gasteiger partial charge in [-0.2, -0.15) is 14.9 Å². The van der Waals surface area contributed by atoms with Crippen molar-refractivity contribution in [3.05, 3.63) is 75.7 Å². The number of halogens is 1. The lowest BCUT2D eigenvalue weighted by atomic mass is 10.2. The normalized spacial score (nSPS) is 10.8. The van der Waals surface area contributed by atoms with Gasteiger partial charge in [-0.05, 0) is 48.9 Å². The maximum Gasteiger partial charge on any atom is 0.292 e. The monoisotopic (exact) mass is 398 g/mol. The van der Waals surface area contributed by atoms with E-state index in [1.54, 1.807) is 37.6 Å². The highest BCUT2D eigenvalue weighted by Gasteiger charge is 2.10. The number of nitrogens with one attached hydrogen (secondary N) is 1. The average Bonchev–Trinajstić information content (AvgIpc) is 2.72. The third kappa shape index (κ3) is 4.50. The van der Waals surface area contributed by atoms with Gasteiger partial charge in [0.25, 0.3) is 5.56 Å². The van der Waals surface area contributed by atoms with E-state index in [0.717, 1.165) is 11.3 Å². The molecule has 8 heteroatoms. The van der Waals surface area contributed by atoms with Crippen LogP contribution in [0, 0.1) is 0 Å². The van der Waals surface area contributed by atoms with E-state index in [-0.39, 0.29) is 5.02 Å². The summed E-state index contributed by atoms with van der Waals surface area (Å²) in [5.41, 5.74) is 4.03. The summed E-state index contributed by atoms with van der Waals surface area (Å²) in [6, 6.07) is 14.4. The molecule has 1 heterocycles. The van der Waals surface area contributed by atoms with Crippen molar-refractivity contribution in [2.75, 3.05) is 19.1 Å². The lowest BCUT2D eigenvalue weighted by molar-refractivity contribution is 0.340. The third-order valence-corrected chi connectivity index (χ3v) is 4.17. The summed E-state index contributed by atoms with van der Waals surface area (Å²) in [5, 5.41) is 8.26. The summed E-state index contributed by atoms with van der Waals surface area (Å²) >= 11 is 6.20. The maximum atomic E-state index is 12.5. The Labute approximate surface area is 167 Å². The minimum Gasteiger partial charge on any atom is -0.497 e. The van der Waals surface area contributed by atoms with Gasteiger partial charge in [-0.15, -0.1) is 0 Å². The zero-order chi connectivity index (χ0) is 19.9. The molecule has 0 atom stereocenters. The molecule has 0 amide bonds. The Balaban J connectivity index is 1.77. The molecule has 7 nitrogen and oxygen atoms in total. The highest BCUT2D eigenvalue weighted by molar-refractivity contribution is 6.32. The van der Waals surface area contributed by atoms with E-state index in [2.05, 4.69) is 15.6 Å². The molecule has 0 aliphatic rings. The first-order valence-corrected chi connectivity index (χ1v) is 8.94. The second kappa shape index (κ2) is 9.05. The van der Waals surface area contributed by atoms with Gasteiger partial charge in [-0.25, -0.2) is 0 Å². The van der Waals surface area contributed by atoms with Crippen LogP contribution in [0.5, 0.6) is 11.5 Å². The lowest BCUT2D eigenvalue weighted by Crippen LogP contribution is -2.22. The van der Waals surface area contributed by atoms with Crippen molar-refractivity contribution in [1.29, 1.82) is 0 Å². The van der Waals surface area contributed by atoms with Crippen LogP contribution >= 0.6 is 11.6 Å². The molecule has 1 aromatic heterocycles. The van der Waals surface area contributed by atoms with Crippen LogP contribution in [0.25, 0.3) is 5.69 Å². The minimum atomic E-state index is -0.453. The molecule has 0 spiro atoms. The van der Waals surface area contributed by atoms with Crippen LogP contribution in [-0.4, -0.2) is 29.7 Å². The fourth-order valence-corrected chi connectivity index (χ4v) is 2.62. The van der Waals surface area contributed by atoms with Gasteiger partial charge >= 0.3 is 0 Å². The summed E-state index contributed by atoms with van der Waals surface area (Å²) in [5.74, 6) is 1.44. The van der Waals surface area contributed by atoms with Crippen LogP contribution in [0.4, 0.5) is 5.69 Å². The Morgan fingerprint density at radius 3 is 2.71 bits per heavy atom. The predicted molar refractivity (Wildman–Crippen MR) is 110 cm³/mol. The van der Waals surface area contributed by atoms with Crippen molar-refractivity contribution < 1.29 is 9.47 Å². The van der Waals surface area contributed by atoms with E-state index in [9.17, 15) is 4.79 Å². The number of aromatic nitrogens is 2. The number of ether oxygens (including phenoxy) is 2. The molecule has 2 aromatic carbocycles. The number of nitrogens with zero attached hydrogens (tertiary/aromatic N) is 3. The molecule has 0 aliphatic heterocycles. The zero-order valence-electron chi connectivity index (χ0n) is 15.4. The Kier molecular flexibility index (Phi) is 6.29. The molecule has 0 radical (unpaired) electrons. The fourth-order valence-electron chi connectivity index (χ4n) is 2.45. The van der Waals surface area contributed by atoms with Gasteiger partial charge in [0.15, 0.2) is 0 Å². The molecule has 0 aliphatic carbocycles. The molecule has 0 saturated heterocycles. The maximum absolute atomic E-state index is 12.5. The van der Waals surface area contributed by atoms with E-state index in [0.29, 0.717) is 23.7 Å². The van der Waals surface area contributed by atoms with Crippen molar-refractivity contribution in [3.8, 4) is 17.2 Å². The fraction of sp³-hybridized carbons (Fsp3) is 0.150. The van der Waals surface area contributed by atoms with Crippen molar-refractivity contribution in [2.24, 2.45) is 5.10 Å². The van der Waals surface area contributed by atoms with Crippen molar-refractivity contribution in [3.63, 3.8) is 0 Å². The Hall–Kier alpha value is -3.32. The van der Waals surface area contributed by atoms with Gasteiger partial charge in [-0.1, -0.05) is 23.7 Å².